The summed E-state index contributed by atoms with van der Waals surface area (Å²) < 4.78 is 13.7. The molecule has 32 heavy (non-hydrogen) atoms. The van der Waals surface area contributed by atoms with Gasteiger partial charge in [-0.05, 0) is 62.6 Å². The molecule has 1 aliphatic heterocycles. The van der Waals surface area contributed by atoms with Crippen LogP contribution >= 0.6 is 11.8 Å². The van der Waals surface area contributed by atoms with Gasteiger partial charge in [-0.1, -0.05) is 23.9 Å². The van der Waals surface area contributed by atoms with Crippen molar-refractivity contribution in [2.75, 3.05) is 24.3 Å². The van der Waals surface area contributed by atoms with Gasteiger partial charge in [0.1, 0.15) is 0 Å². The van der Waals surface area contributed by atoms with E-state index in [-0.39, 0.29) is 11.7 Å². The molecule has 2 aromatic carbocycles. The van der Waals surface area contributed by atoms with E-state index in [1.165, 1.54) is 11.8 Å². The summed E-state index contributed by atoms with van der Waals surface area (Å²) in [6.07, 6.45) is 0.860. The molecule has 0 spiro atoms. The van der Waals surface area contributed by atoms with Gasteiger partial charge < -0.3 is 19.4 Å². The molecule has 1 amide bonds. The van der Waals surface area contributed by atoms with E-state index in [2.05, 4.69) is 15.5 Å². The maximum atomic E-state index is 12.6. The third kappa shape index (κ3) is 4.60. The second-order valence-electron chi connectivity index (χ2n) is 7.80. The highest BCUT2D eigenvalue weighted by molar-refractivity contribution is 7.99. The number of aromatic nitrogens is 3. The van der Waals surface area contributed by atoms with E-state index in [1.807, 2.05) is 62.6 Å². The number of thioether (sulfide) groups is 1. The molecule has 0 fully saturated rings. The highest BCUT2D eigenvalue weighted by Crippen LogP contribution is 2.37. The lowest BCUT2D eigenvalue weighted by Crippen LogP contribution is -2.15. The molecule has 0 saturated heterocycles. The van der Waals surface area contributed by atoms with Crippen molar-refractivity contribution in [3.8, 4) is 22.9 Å². The van der Waals surface area contributed by atoms with Crippen LogP contribution < -0.4 is 14.8 Å². The van der Waals surface area contributed by atoms with Crippen LogP contribution in [0.5, 0.6) is 11.5 Å². The SMILES string of the molecule is CCn1c(SCC(=O)Nc2cccc(C)c2C)nnc1-c1cc2c(cc1C)OCCCO2. The zero-order valence-corrected chi connectivity index (χ0v) is 19.7. The van der Waals surface area contributed by atoms with E-state index in [9.17, 15) is 4.79 Å². The summed E-state index contributed by atoms with van der Waals surface area (Å²) in [6, 6.07) is 9.88. The highest BCUT2D eigenvalue weighted by atomic mass is 32.2. The van der Waals surface area contributed by atoms with Crippen LogP contribution in [-0.2, 0) is 11.3 Å². The van der Waals surface area contributed by atoms with Crippen LogP contribution in [0.25, 0.3) is 11.4 Å². The molecule has 2 heterocycles. The van der Waals surface area contributed by atoms with Gasteiger partial charge in [0.2, 0.25) is 5.91 Å². The Morgan fingerprint density at radius 3 is 2.59 bits per heavy atom. The number of aryl methyl sites for hydroxylation is 2. The number of nitrogens with zero attached hydrogens (tertiary/aromatic N) is 3. The van der Waals surface area contributed by atoms with Crippen molar-refractivity contribution in [2.24, 2.45) is 0 Å². The number of nitrogens with one attached hydrogen (secondary N) is 1. The maximum absolute atomic E-state index is 12.6. The van der Waals surface area contributed by atoms with Crippen LogP contribution in [-0.4, -0.2) is 39.6 Å². The second kappa shape index (κ2) is 9.65. The van der Waals surface area contributed by atoms with E-state index in [1.54, 1.807) is 0 Å². The molecule has 8 heteroatoms. The van der Waals surface area contributed by atoms with Gasteiger partial charge in [0, 0.05) is 24.2 Å². The molecule has 0 saturated carbocycles. The molecule has 0 radical (unpaired) electrons. The fourth-order valence-corrected chi connectivity index (χ4v) is 4.44. The molecule has 1 aliphatic rings. The summed E-state index contributed by atoms with van der Waals surface area (Å²) in [5.74, 6) is 2.45. The summed E-state index contributed by atoms with van der Waals surface area (Å²) in [4.78, 5) is 12.6. The minimum Gasteiger partial charge on any atom is -0.490 e. The molecular formula is C24H28N4O3S. The van der Waals surface area contributed by atoms with Gasteiger partial charge in [0.05, 0.1) is 19.0 Å². The lowest BCUT2D eigenvalue weighted by molar-refractivity contribution is -0.113. The number of hydrogen-bond donors (Lipinski definition) is 1. The summed E-state index contributed by atoms with van der Waals surface area (Å²) in [5.41, 5.74) is 5.07. The Labute approximate surface area is 192 Å². The minimum absolute atomic E-state index is 0.0670. The Morgan fingerprint density at radius 1 is 1.09 bits per heavy atom. The molecule has 0 bridgehead atoms. The normalized spacial score (nSPS) is 13.0. The van der Waals surface area contributed by atoms with E-state index < -0.39 is 0 Å². The smallest absolute Gasteiger partial charge is 0.234 e. The van der Waals surface area contributed by atoms with Gasteiger partial charge in [0.15, 0.2) is 22.5 Å². The molecule has 7 nitrogen and oxygen atoms in total. The number of rotatable bonds is 6. The third-order valence-corrected chi connectivity index (χ3v) is 6.55. The van der Waals surface area contributed by atoms with Gasteiger partial charge in [-0.3, -0.25) is 4.79 Å². The number of anilines is 1. The molecule has 4 rings (SSSR count). The number of fused-ring (bicyclic) bond motifs is 1. The van der Waals surface area contributed by atoms with Crippen molar-refractivity contribution in [1.29, 1.82) is 0 Å². The van der Waals surface area contributed by atoms with Crippen molar-refractivity contribution in [3.05, 3.63) is 47.0 Å². The first-order chi connectivity index (χ1) is 15.5. The van der Waals surface area contributed by atoms with Crippen molar-refractivity contribution in [2.45, 2.75) is 45.8 Å². The van der Waals surface area contributed by atoms with Gasteiger partial charge >= 0.3 is 0 Å². The van der Waals surface area contributed by atoms with Gasteiger partial charge in [-0.2, -0.15) is 0 Å². The van der Waals surface area contributed by atoms with Crippen LogP contribution in [0.1, 0.15) is 30.0 Å². The van der Waals surface area contributed by atoms with Crippen LogP contribution in [0.15, 0.2) is 35.5 Å². The minimum atomic E-state index is -0.0670. The Morgan fingerprint density at radius 2 is 1.84 bits per heavy atom. The van der Waals surface area contributed by atoms with E-state index >= 15 is 0 Å². The Hall–Kier alpha value is -3.00. The van der Waals surface area contributed by atoms with Crippen LogP contribution in [0.2, 0.25) is 0 Å². The number of carbonyl (C=O) groups is 1. The Balaban J connectivity index is 1.52. The van der Waals surface area contributed by atoms with Gasteiger partial charge in [-0.15, -0.1) is 10.2 Å². The van der Waals surface area contributed by atoms with Crippen molar-refractivity contribution in [1.82, 2.24) is 14.8 Å². The lowest BCUT2D eigenvalue weighted by atomic mass is 10.1. The Bertz CT molecular complexity index is 1140. The van der Waals surface area contributed by atoms with Crippen LogP contribution in [0.3, 0.4) is 0 Å². The molecular weight excluding hydrogens is 424 g/mol. The van der Waals surface area contributed by atoms with Crippen molar-refractivity contribution < 1.29 is 14.3 Å². The van der Waals surface area contributed by atoms with E-state index in [0.717, 1.165) is 51.7 Å². The fourth-order valence-electron chi connectivity index (χ4n) is 3.63. The first-order valence-corrected chi connectivity index (χ1v) is 11.8. The van der Waals surface area contributed by atoms with Crippen LogP contribution in [0, 0.1) is 20.8 Å². The summed E-state index contributed by atoms with van der Waals surface area (Å²) in [7, 11) is 0. The molecule has 1 N–H and O–H groups in total. The average molecular weight is 453 g/mol. The average Bonchev–Trinajstić information content (AvgIpc) is 3.05. The largest absolute Gasteiger partial charge is 0.490 e. The molecule has 0 aliphatic carbocycles. The van der Waals surface area contributed by atoms with Crippen molar-refractivity contribution in [3.63, 3.8) is 0 Å². The lowest BCUT2D eigenvalue weighted by Gasteiger charge is -2.13. The number of benzene rings is 2. The van der Waals surface area contributed by atoms with Crippen molar-refractivity contribution >= 4 is 23.4 Å². The zero-order valence-electron chi connectivity index (χ0n) is 18.9. The number of carbonyl (C=O) groups excluding carboxylic acids is 1. The highest BCUT2D eigenvalue weighted by Gasteiger charge is 2.20. The van der Waals surface area contributed by atoms with Gasteiger partial charge in [-0.25, -0.2) is 0 Å². The number of amides is 1. The molecule has 1 aromatic heterocycles. The summed E-state index contributed by atoms with van der Waals surface area (Å²) in [5, 5.41) is 12.5. The quantitative estimate of drug-likeness (QED) is 0.542. The second-order valence-corrected chi connectivity index (χ2v) is 8.74. The predicted molar refractivity (Wildman–Crippen MR) is 127 cm³/mol. The summed E-state index contributed by atoms with van der Waals surface area (Å²) >= 11 is 1.38. The first-order valence-electron chi connectivity index (χ1n) is 10.8. The monoisotopic (exact) mass is 452 g/mol. The van der Waals surface area contributed by atoms with Crippen LogP contribution in [0.4, 0.5) is 5.69 Å². The fraction of sp³-hybridized carbons (Fsp3) is 0.375. The van der Waals surface area contributed by atoms with Gasteiger partial charge in [0.25, 0.3) is 0 Å². The molecule has 168 valence electrons. The Kier molecular flexibility index (Phi) is 6.69. The van der Waals surface area contributed by atoms with E-state index in [4.69, 9.17) is 9.47 Å². The zero-order chi connectivity index (χ0) is 22.7. The molecule has 0 unspecified atom stereocenters. The molecule has 3 aromatic rings. The standard InChI is InChI=1S/C24H28N4O3S/c1-5-28-23(18-13-21-20(12-16(18)3)30-10-7-11-31-21)26-27-24(28)32-14-22(29)25-19-9-6-8-15(2)17(19)4/h6,8-9,12-13H,5,7,10-11,14H2,1-4H3,(H,25,29). The summed E-state index contributed by atoms with van der Waals surface area (Å²) in [6.45, 7) is 10.1. The maximum Gasteiger partial charge on any atom is 0.234 e. The number of hydrogen-bond acceptors (Lipinski definition) is 6. The predicted octanol–water partition coefficient (Wildman–Crippen LogP) is 4.78. The molecule has 0 atom stereocenters. The van der Waals surface area contributed by atoms with E-state index in [0.29, 0.717) is 24.9 Å². The number of ether oxygens (including phenoxy) is 2. The third-order valence-electron chi connectivity index (χ3n) is 5.58. The topological polar surface area (TPSA) is 78.3 Å². The first kappa shape index (κ1) is 22.2.